The largest absolute Gasteiger partial charge is 0.480 e. The molecule has 0 aliphatic carbocycles. The molecule has 0 saturated carbocycles. The number of aliphatic carboxylic acids is 1. The van der Waals surface area contributed by atoms with Gasteiger partial charge in [0.25, 0.3) is 0 Å². The predicted molar refractivity (Wildman–Crippen MR) is 226 cm³/mol. The molecule has 0 aliphatic heterocycles. The minimum atomic E-state index is -4.71. The van der Waals surface area contributed by atoms with Gasteiger partial charge in [0.05, 0.1) is 62.3 Å². The molecule has 4 heterocycles. The molecule has 22 heteroatoms. The zero-order valence-corrected chi connectivity index (χ0v) is 36.5. The number of carboxylic acids is 1. The van der Waals surface area contributed by atoms with E-state index in [0.717, 1.165) is 26.4 Å². The number of alkyl halides is 6. The Hall–Kier alpha value is -5.76. The van der Waals surface area contributed by atoms with E-state index in [0.29, 0.717) is 16.9 Å². The third-order valence-electron chi connectivity index (χ3n) is 9.57. The van der Waals surface area contributed by atoms with E-state index in [9.17, 15) is 44.7 Å². The number of rotatable bonds is 10. The van der Waals surface area contributed by atoms with Gasteiger partial charge in [-0.05, 0) is 88.1 Å². The lowest BCUT2D eigenvalue weighted by Crippen LogP contribution is -2.22. The molecule has 0 aliphatic rings. The van der Waals surface area contributed by atoms with Crippen LogP contribution in [0.3, 0.4) is 0 Å². The first-order chi connectivity index (χ1) is 29.2. The van der Waals surface area contributed by atoms with Crippen LogP contribution >= 0.6 is 23.2 Å². The predicted octanol–water partition coefficient (Wildman–Crippen LogP) is 11.5. The lowest BCUT2D eigenvalue weighted by Gasteiger charge is -2.15. The highest BCUT2D eigenvalue weighted by Crippen LogP contribution is 2.38. The Balaban J connectivity index is 0.000000278. The van der Waals surface area contributed by atoms with E-state index in [4.69, 9.17) is 34.0 Å². The molecule has 0 fully saturated rings. The molecule has 0 spiro atoms. The van der Waals surface area contributed by atoms with Crippen LogP contribution in [0.2, 0.25) is 10.0 Å². The van der Waals surface area contributed by atoms with Gasteiger partial charge in [0.15, 0.2) is 17.2 Å². The molecule has 348 valence electrons. The van der Waals surface area contributed by atoms with Gasteiger partial charge in [0.2, 0.25) is 0 Å². The number of nitrogens with zero attached hydrogens (tertiary/aromatic N) is 8. The fourth-order valence-electron chi connectivity index (χ4n) is 6.36. The molecule has 2 unspecified atom stereocenters. The van der Waals surface area contributed by atoms with Crippen molar-refractivity contribution in [2.45, 2.75) is 106 Å². The summed E-state index contributed by atoms with van der Waals surface area (Å²) < 4.78 is 108. The molecule has 0 saturated heterocycles. The van der Waals surface area contributed by atoms with E-state index in [1.54, 1.807) is 46.0 Å². The summed E-state index contributed by atoms with van der Waals surface area (Å²) in [5.41, 5.74) is 7.91. The number of aromatic nitrogens is 8. The van der Waals surface area contributed by atoms with Crippen LogP contribution in [-0.4, -0.2) is 56.0 Å². The summed E-state index contributed by atoms with van der Waals surface area (Å²) in [6.45, 7) is 13.3. The summed E-state index contributed by atoms with van der Waals surface area (Å²) in [4.78, 5) is 23.6. The third-order valence-corrected chi connectivity index (χ3v) is 10.5. The second kappa shape index (κ2) is 20.8. The van der Waals surface area contributed by atoms with Crippen LogP contribution in [0.1, 0.15) is 113 Å². The van der Waals surface area contributed by atoms with Crippen LogP contribution in [0.15, 0.2) is 60.9 Å². The molecule has 12 nitrogen and oxygen atoms in total. The number of halogens is 10. The molecule has 2 aromatic carbocycles. The molecule has 0 bridgehead atoms. The number of carbonyl (C=O) groups excluding carboxylic acids is 1. The standard InChI is InChI=1S/C21H21ClF4N4O.C12H14FN3.C8H8ClF3N2O2.CH4/c1-11(2)19-14(10-27-30(19)16-7-5-15(23)6-8-16)9-17(31)12(3)29-13(4)18(22)20(28-29)21(24,25)26;1-8(2)12-11(14)7-15-16(12)10-5-3-9(13)4-6-10;1-3-5(9)6(8(10,11)12)13-14(3)4(2)7(15)16;/h5-8,10-12H,9H2,1-4H3;3-8H,14H2,1-2H3;4H,1-2H3,(H,15,16);1H4. The minimum absolute atomic E-state index is 0. The van der Waals surface area contributed by atoms with Gasteiger partial charge in [-0.2, -0.15) is 46.7 Å². The van der Waals surface area contributed by atoms with Crippen molar-refractivity contribution in [3.05, 3.63) is 122 Å². The smallest absolute Gasteiger partial charge is 0.436 e. The van der Waals surface area contributed by atoms with Crippen molar-refractivity contribution >= 4 is 40.6 Å². The molecular weight excluding hydrogens is 901 g/mol. The zero-order chi connectivity index (χ0) is 47.5. The minimum Gasteiger partial charge on any atom is -0.480 e. The van der Waals surface area contributed by atoms with Crippen molar-refractivity contribution < 1.29 is 49.8 Å². The number of Topliss-reactive ketones (excluding diaryl/α,β-unsaturated/α-hetero) is 1. The summed E-state index contributed by atoms with van der Waals surface area (Å²) in [7, 11) is 0. The van der Waals surface area contributed by atoms with Crippen LogP contribution in [0, 0.1) is 25.5 Å². The fourth-order valence-corrected chi connectivity index (χ4v) is 6.82. The van der Waals surface area contributed by atoms with Crippen molar-refractivity contribution in [3.8, 4) is 11.4 Å². The molecule has 64 heavy (non-hydrogen) atoms. The Bertz CT molecular complexity index is 2540. The molecule has 2 atom stereocenters. The second-order valence-electron chi connectivity index (χ2n) is 14.8. The normalized spacial score (nSPS) is 12.6. The molecular formula is C42H47Cl2F8N9O3. The van der Waals surface area contributed by atoms with Crippen molar-refractivity contribution in [2.24, 2.45) is 0 Å². The second-order valence-corrected chi connectivity index (χ2v) is 15.6. The number of hydrogen-bond donors (Lipinski definition) is 2. The van der Waals surface area contributed by atoms with Gasteiger partial charge in [-0.3, -0.25) is 14.2 Å². The highest BCUT2D eigenvalue weighted by Gasteiger charge is 2.40. The van der Waals surface area contributed by atoms with Gasteiger partial charge in [-0.15, -0.1) is 0 Å². The summed E-state index contributed by atoms with van der Waals surface area (Å²) >= 11 is 11.3. The van der Waals surface area contributed by atoms with Crippen molar-refractivity contribution in [2.75, 3.05) is 5.73 Å². The number of carbonyl (C=O) groups is 2. The Labute approximate surface area is 373 Å². The van der Waals surface area contributed by atoms with Crippen LogP contribution in [-0.2, 0) is 28.4 Å². The average molecular weight is 949 g/mol. The average Bonchev–Trinajstić information content (AvgIpc) is 3.95. The maximum absolute atomic E-state index is 13.3. The SMILES string of the molecule is C.CC(C)c1c(N)cnn1-c1ccc(F)cc1.Cc1c(Cl)c(C(F)(F)F)nn1C(C)C(=O)Cc1cnn(-c2ccc(F)cc2)c1C(C)C.Cc1c(Cl)c(C(F)(F)F)nn1C(C)C(=O)O. The molecule has 0 amide bonds. The van der Waals surface area contributed by atoms with Crippen LogP contribution in [0.5, 0.6) is 0 Å². The fraction of sp³-hybridized carbons (Fsp3) is 0.381. The molecule has 4 aromatic heterocycles. The maximum atomic E-state index is 13.3. The van der Waals surface area contributed by atoms with Crippen LogP contribution < -0.4 is 5.73 Å². The van der Waals surface area contributed by atoms with Crippen LogP contribution in [0.25, 0.3) is 11.4 Å². The molecule has 3 N–H and O–H groups in total. The van der Waals surface area contributed by atoms with E-state index in [1.165, 1.54) is 52.0 Å². The highest BCUT2D eigenvalue weighted by molar-refractivity contribution is 6.32. The summed E-state index contributed by atoms with van der Waals surface area (Å²) in [6.07, 6.45) is -6.28. The zero-order valence-electron chi connectivity index (χ0n) is 35.0. The van der Waals surface area contributed by atoms with E-state index in [2.05, 4.69) is 20.4 Å². The molecule has 6 aromatic rings. The molecule has 6 rings (SSSR count). The first-order valence-electron chi connectivity index (χ1n) is 19.0. The van der Waals surface area contributed by atoms with Crippen molar-refractivity contribution in [3.63, 3.8) is 0 Å². The first kappa shape index (κ1) is 52.6. The van der Waals surface area contributed by atoms with Crippen LogP contribution in [0.4, 0.5) is 40.8 Å². The van der Waals surface area contributed by atoms with Gasteiger partial charge in [-0.1, -0.05) is 58.3 Å². The lowest BCUT2D eigenvalue weighted by molar-refractivity contribution is -0.144. The third kappa shape index (κ3) is 11.9. The number of nitrogen functional groups attached to an aromatic ring is 1. The number of hydrogen-bond acceptors (Lipinski definition) is 7. The highest BCUT2D eigenvalue weighted by atomic mass is 35.5. The summed E-state index contributed by atoms with van der Waals surface area (Å²) in [5.74, 6) is -1.99. The number of ketones is 1. The topological polar surface area (TPSA) is 152 Å². The molecule has 0 radical (unpaired) electrons. The summed E-state index contributed by atoms with van der Waals surface area (Å²) in [5, 5.41) is 22.9. The number of benzene rings is 2. The lowest BCUT2D eigenvalue weighted by atomic mass is 9.99. The van der Waals surface area contributed by atoms with Gasteiger partial charge >= 0.3 is 18.3 Å². The van der Waals surface area contributed by atoms with Gasteiger partial charge < -0.3 is 10.8 Å². The van der Waals surface area contributed by atoms with E-state index in [-0.39, 0.29) is 54.5 Å². The van der Waals surface area contributed by atoms with Gasteiger partial charge in [-0.25, -0.2) is 22.9 Å². The van der Waals surface area contributed by atoms with Gasteiger partial charge in [0.1, 0.15) is 23.7 Å². The Morgan fingerprint density at radius 1 is 0.672 bits per heavy atom. The number of carboxylic acid groups (broad SMARTS) is 1. The van der Waals surface area contributed by atoms with E-state index < -0.39 is 51.8 Å². The first-order valence-corrected chi connectivity index (χ1v) is 19.7. The van der Waals surface area contributed by atoms with Crippen molar-refractivity contribution in [1.29, 1.82) is 0 Å². The van der Waals surface area contributed by atoms with E-state index in [1.807, 2.05) is 27.7 Å². The number of nitrogens with two attached hydrogens (primary N) is 1. The van der Waals surface area contributed by atoms with Gasteiger partial charge in [0, 0.05) is 12.0 Å². The van der Waals surface area contributed by atoms with Crippen molar-refractivity contribution in [1.82, 2.24) is 39.1 Å². The summed E-state index contributed by atoms with van der Waals surface area (Å²) in [6, 6.07) is 9.84. The quantitative estimate of drug-likeness (QED) is 0.129. The van der Waals surface area contributed by atoms with E-state index >= 15 is 0 Å². The monoisotopic (exact) mass is 947 g/mol. The Morgan fingerprint density at radius 3 is 1.41 bits per heavy atom. The Morgan fingerprint density at radius 2 is 1.05 bits per heavy atom. The maximum Gasteiger partial charge on any atom is 0.436 e. The number of anilines is 1. The Kier molecular flexibility index (Phi) is 17.1.